The Morgan fingerprint density at radius 1 is 1.19 bits per heavy atom. The Hall–Kier alpha value is -0.550. The number of benzene rings is 1. The summed E-state index contributed by atoms with van der Waals surface area (Å²) in [6, 6.07) is 9.55. The summed E-state index contributed by atoms with van der Waals surface area (Å²) in [6.07, 6.45) is 5.03. The zero-order valence-electron chi connectivity index (χ0n) is 12.7. The summed E-state index contributed by atoms with van der Waals surface area (Å²) in [6.45, 7) is 3.88. The predicted molar refractivity (Wildman–Crippen MR) is 88.7 cm³/mol. The molecule has 3 rings (SSSR count). The summed E-state index contributed by atoms with van der Waals surface area (Å²) in [4.78, 5) is 4.15. The minimum Gasteiger partial charge on any atom is -0.378 e. The quantitative estimate of drug-likeness (QED) is 0.849. The van der Waals surface area contributed by atoms with Crippen molar-refractivity contribution < 1.29 is 4.74 Å². The van der Waals surface area contributed by atoms with Crippen LogP contribution in [0.15, 0.2) is 29.2 Å². The van der Waals surface area contributed by atoms with E-state index in [9.17, 15) is 0 Å². The lowest BCUT2D eigenvalue weighted by Crippen LogP contribution is -2.40. The van der Waals surface area contributed by atoms with E-state index < -0.39 is 0 Å². The van der Waals surface area contributed by atoms with Crippen molar-refractivity contribution >= 4 is 11.8 Å². The number of likely N-dealkylation sites (tertiary alicyclic amines) is 1. The standard InChI is InChI=1S/C17H26N2OS/c18-9-3-12-20-14-6-10-19(11-7-14)16-8-13-21-17-5-2-1-4-15(16)17/h1-2,4-5,14,16H,3,6-13,18H2. The molecular weight excluding hydrogens is 280 g/mol. The van der Waals surface area contributed by atoms with Crippen molar-refractivity contribution in [1.29, 1.82) is 0 Å². The maximum Gasteiger partial charge on any atom is 0.0599 e. The van der Waals surface area contributed by atoms with E-state index in [2.05, 4.69) is 29.2 Å². The molecule has 0 aliphatic carbocycles. The Balaban J connectivity index is 1.55. The Kier molecular flexibility index (Phi) is 5.58. The molecule has 0 bridgehead atoms. The lowest BCUT2D eigenvalue weighted by molar-refractivity contribution is -0.00326. The molecule has 116 valence electrons. The second-order valence-electron chi connectivity index (χ2n) is 5.94. The summed E-state index contributed by atoms with van der Waals surface area (Å²) in [5.41, 5.74) is 7.06. The molecule has 0 radical (unpaired) electrons. The molecule has 0 saturated carbocycles. The summed E-state index contributed by atoms with van der Waals surface area (Å²) >= 11 is 2.01. The normalized spacial score (nSPS) is 24.0. The molecule has 2 aliphatic rings. The number of hydrogen-bond acceptors (Lipinski definition) is 4. The van der Waals surface area contributed by atoms with Gasteiger partial charge in [0.15, 0.2) is 0 Å². The topological polar surface area (TPSA) is 38.5 Å². The lowest BCUT2D eigenvalue weighted by atomic mass is 9.98. The van der Waals surface area contributed by atoms with Crippen molar-refractivity contribution in [3.05, 3.63) is 29.8 Å². The Labute approximate surface area is 132 Å². The van der Waals surface area contributed by atoms with E-state index in [1.807, 2.05) is 11.8 Å². The van der Waals surface area contributed by atoms with Gasteiger partial charge >= 0.3 is 0 Å². The molecule has 4 heteroatoms. The first-order valence-corrected chi connectivity index (χ1v) is 9.14. The van der Waals surface area contributed by atoms with Gasteiger partial charge in [0.05, 0.1) is 6.10 Å². The van der Waals surface area contributed by atoms with E-state index >= 15 is 0 Å². The molecule has 1 aromatic carbocycles. The first-order chi connectivity index (χ1) is 10.4. The molecule has 3 nitrogen and oxygen atoms in total. The van der Waals surface area contributed by atoms with Crippen molar-refractivity contribution in [2.24, 2.45) is 5.73 Å². The maximum absolute atomic E-state index is 5.92. The number of fused-ring (bicyclic) bond motifs is 1. The van der Waals surface area contributed by atoms with E-state index in [-0.39, 0.29) is 0 Å². The number of nitrogens with zero attached hydrogens (tertiary/aromatic N) is 1. The van der Waals surface area contributed by atoms with E-state index in [1.165, 1.54) is 22.6 Å². The first-order valence-electron chi connectivity index (χ1n) is 8.16. The van der Waals surface area contributed by atoms with Gasteiger partial charge in [-0.25, -0.2) is 0 Å². The second kappa shape index (κ2) is 7.63. The average molecular weight is 306 g/mol. The second-order valence-corrected chi connectivity index (χ2v) is 7.08. The van der Waals surface area contributed by atoms with Gasteiger partial charge in [-0.15, -0.1) is 11.8 Å². The van der Waals surface area contributed by atoms with Gasteiger partial charge in [0.2, 0.25) is 0 Å². The third-order valence-electron chi connectivity index (χ3n) is 4.55. The van der Waals surface area contributed by atoms with E-state index in [0.29, 0.717) is 12.1 Å². The van der Waals surface area contributed by atoms with Crippen LogP contribution in [-0.4, -0.2) is 43.0 Å². The fraction of sp³-hybridized carbons (Fsp3) is 0.647. The van der Waals surface area contributed by atoms with E-state index in [0.717, 1.165) is 45.5 Å². The van der Waals surface area contributed by atoms with Crippen LogP contribution < -0.4 is 5.73 Å². The first kappa shape index (κ1) is 15.3. The van der Waals surface area contributed by atoms with Crippen LogP contribution in [0.3, 0.4) is 0 Å². The van der Waals surface area contributed by atoms with Crippen molar-refractivity contribution in [1.82, 2.24) is 4.90 Å². The molecule has 2 N–H and O–H groups in total. The molecular formula is C17H26N2OS. The van der Waals surface area contributed by atoms with Crippen LogP contribution in [0.2, 0.25) is 0 Å². The van der Waals surface area contributed by atoms with Crippen LogP contribution in [0, 0.1) is 0 Å². The van der Waals surface area contributed by atoms with Gasteiger partial charge in [-0.3, -0.25) is 4.90 Å². The van der Waals surface area contributed by atoms with Gasteiger partial charge in [-0.05, 0) is 49.6 Å². The van der Waals surface area contributed by atoms with E-state index in [4.69, 9.17) is 10.5 Å². The molecule has 0 aromatic heterocycles. The number of piperidine rings is 1. The van der Waals surface area contributed by atoms with Gasteiger partial charge < -0.3 is 10.5 Å². The maximum atomic E-state index is 5.92. The van der Waals surface area contributed by atoms with Crippen molar-refractivity contribution in [2.75, 3.05) is 32.0 Å². The summed E-state index contributed by atoms with van der Waals surface area (Å²) < 4.78 is 5.92. The smallest absolute Gasteiger partial charge is 0.0599 e. The number of thioether (sulfide) groups is 1. The number of hydrogen-bond donors (Lipinski definition) is 1. The number of nitrogens with two attached hydrogens (primary N) is 1. The van der Waals surface area contributed by atoms with Crippen LogP contribution in [-0.2, 0) is 4.74 Å². The third kappa shape index (κ3) is 3.81. The van der Waals surface area contributed by atoms with Crippen LogP contribution in [0.5, 0.6) is 0 Å². The molecule has 0 spiro atoms. The molecule has 1 atom stereocenters. The number of ether oxygens (including phenoxy) is 1. The molecule has 1 fully saturated rings. The van der Waals surface area contributed by atoms with Crippen molar-refractivity contribution in [3.8, 4) is 0 Å². The minimum absolute atomic E-state index is 0.445. The average Bonchev–Trinajstić information content (AvgIpc) is 2.55. The fourth-order valence-corrected chi connectivity index (χ4v) is 4.50. The van der Waals surface area contributed by atoms with Gasteiger partial charge in [0, 0.05) is 30.6 Å². The molecule has 1 unspecified atom stereocenters. The molecule has 0 amide bonds. The van der Waals surface area contributed by atoms with E-state index in [1.54, 1.807) is 0 Å². The Morgan fingerprint density at radius 3 is 2.81 bits per heavy atom. The molecule has 1 saturated heterocycles. The number of rotatable bonds is 5. The summed E-state index contributed by atoms with van der Waals surface area (Å²) in [5.74, 6) is 1.24. The molecule has 1 aromatic rings. The summed E-state index contributed by atoms with van der Waals surface area (Å²) in [7, 11) is 0. The highest BCUT2D eigenvalue weighted by atomic mass is 32.2. The predicted octanol–water partition coefficient (Wildman–Crippen LogP) is 3.05. The molecule has 2 heterocycles. The Morgan fingerprint density at radius 2 is 2.00 bits per heavy atom. The van der Waals surface area contributed by atoms with Crippen molar-refractivity contribution in [2.45, 2.75) is 42.7 Å². The minimum atomic E-state index is 0.445. The van der Waals surface area contributed by atoms with Crippen LogP contribution >= 0.6 is 11.8 Å². The molecule has 2 aliphatic heterocycles. The Bertz CT molecular complexity index is 446. The zero-order valence-corrected chi connectivity index (χ0v) is 13.5. The fourth-order valence-electron chi connectivity index (χ4n) is 3.39. The monoisotopic (exact) mass is 306 g/mol. The van der Waals surface area contributed by atoms with Gasteiger partial charge in [0.1, 0.15) is 0 Å². The highest BCUT2D eigenvalue weighted by Gasteiger charge is 2.29. The largest absolute Gasteiger partial charge is 0.378 e. The SMILES string of the molecule is NCCCOC1CCN(C2CCSc3ccccc32)CC1. The van der Waals surface area contributed by atoms with Crippen molar-refractivity contribution in [3.63, 3.8) is 0 Å². The van der Waals surface area contributed by atoms with Crippen LogP contribution in [0.4, 0.5) is 0 Å². The van der Waals surface area contributed by atoms with Gasteiger partial charge in [0.25, 0.3) is 0 Å². The zero-order chi connectivity index (χ0) is 14.5. The highest BCUT2D eigenvalue weighted by molar-refractivity contribution is 7.99. The van der Waals surface area contributed by atoms with Gasteiger partial charge in [-0.1, -0.05) is 18.2 Å². The van der Waals surface area contributed by atoms with Gasteiger partial charge in [-0.2, -0.15) is 0 Å². The summed E-state index contributed by atoms with van der Waals surface area (Å²) in [5, 5.41) is 0. The lowest BCUT2D eigenvalue weighted by Gasteiger charge is -2.40. The third-order valence-corrected chi connectivity index (χ3v) is 5.67. The van der Waals surface area contributed by atoms with Crippen LogP contribution in [0.1, 0.15) is 37.3 Å². The highest BCUT2D eigenvalue weighted by Crippen LogP contribution is 2.40. The molecule has 21 heavy (non-hydrogen) atoms. The van der Waals surface area contributed by atoms with Crippen LogP contribution in [0.25, 0.3) is 0 Å².